The van der Waals surface area contributed by atoms with Crippen molar-refractivity contribution in [3.05, 3.63) is 66.0 Å². The standard InChI is InChI=1S/C15H11Br3O/c1-8-6-13(17)9(2)5-12(8)15(19)11-4-3-10(16)7-14(11)18/h3-7H,1-2H3. The highest BCUT2D eigenvalue weighted by molar-refractivity contribution is 9.11. The van der Waals surface area contributed by atoms with Crippen LogP contribution in [0.4, 0.5) is 0 Å². The van der Waals surface area contributed by atoms with Crippen LogP contribution in [0.2, 0.25) is 0 Å². The van der Waals surface area contributed by atoms with Crippen LogP contribution in [0.3, 0.4) is 0 Å². The summed E-state index contributed by atoms with van der Waals surface area (Å²) in [6.07, 6.45) is 0. The van der Waals surface area contributed by atoms with E-state index in [1.807, 2.05) is 44.2 Å². The van der Waals surface area contributed by atoms with Gasteiger partial charge in [-0.2, -0.15) is 0 Å². The zero-order valence-electron chi connectivity index (χ0n) is 10.4. The summed E-state index contributed by atoms with van der Waals surface area (Å²) in [6, 6.07) is 9.49. The largest absolute Gasteiger partial charge is 0.289 e. The van der Waals surface area contributed by atoms with Gasteiger partial charge in [0.15, 0.2) is 5.78 Å². The molecule has 0 saturated heterocycles. The molecule has 0 radical (unpaired) electrons. The second-order valence-corrected chi connectivity index (χ2v) is 6.99. The van der Waals surface area contributed by atoms with Gasteiger partial charge in [0.25, 0.3) is 0 Å². The molecule has 0 bridgehead atoms. The van der Waals surface area contributed by atoms with Crippen LogP contribution in [0.25, 0.3) is 0 Å². The van der Waals surface area contributed by atoms with Gasteiger partial charge in [-0.05, 0) is 71.2 Å². The van der Waals surface area contributed by atoms with Crippen LogP contribution in [0, 0.1) is 13.8 Å². The van der Waals surface area contributed by atoms with Gasteiger partial charge in [0.05, 0.1) is 0 Å². The maximum absolute atomic E-state index is 12.6. The van der Waals surface area contributed by atoms with E-state index in [4.69, 9.17) is 0 Å². The maximum atomic E-state index is 12.6. The Morgan fingerprint density at radius 3 is 2.16 bits per heavy atom. The third kappa shape index (κ3) is 3.18. The zero-order valence-corrected chi connectivity index (χ0v) is 15.2. The lowest BCUT2D eigenvalue weighted by molar-refractivity contribution is 0.103. The first-order valence-electron chi connectivity index (χ1n) is 5.66. The van der Waals surface area contributed by atoms with Crippen LogP contribution in [0.1, 0.15) is 27.0 Å². The Hall–Kier alpha value is -0.450. The number of carbonyl (C=O) groups excluding carboxylic acids is 1. The molecule has 0 aliphatic rings. The summed E-state index contributed by atoms with van der Waals surface area (Å²) in [5, 5.41) is 0. The van der Waals surface area contributed by atoms with Gasteiger partial charge in [0.2, 0.25) is 0 Å². The number of carbonyl (C=O) groups is 1. The second kappa shape index (κ2) is 5.90. The van der Waals surface area contributed by atoms with Crippen molar-refractivity contribution in [1.82, 2.24) is 0 Å². The summed E-state index contributed by atoms with van der Waals surface area (Å²) in [7, 11) is 0. The first kappa shape index (κ1) is 14.9. The molecule has 0 aliphatic carbocycles. The van der Waals surface area contributed by atoms with E-state index in [9.17, 15) is 4.79 Å². The lowest BCUT2D eigenvalue weighted by Gasteiger charge is -2.09. The molecule has 0 fully saturated rings. The molecule has 0 amide bonds. The Kier molecular flexibility index (Phi) is 4.64. The summed E-state index contributed by atoms with van der Waals surface area (Å²) in [4.78, 5) is 12.6. The number of hydrogen-bond acceptors (Lipinski definition) is 1. The molecule has 4 heteroatoms. The van der Waals surface area contributed by atoms with E-state index in [1.165, 1.54) is 0 Å². The highest BCUT2D eigenvalue weighted by Crippen LogP contribution is 2.27. The van der Waals surface area contributed by atoms with Crippen LogP contribution in [0.15, 0.2) is 43.7 Å². The molecule has 0 N–H and O–H groups in total. The van der Waals surface area contributed by atoms with Crippen molar-refractivity contribution in [2.24, 2.45) is 0 Å². The Balaban J connectivity index is 2.53. The Morgan fingerprint density at radius 2 is 1.53 bits per heavy atom. The maximum Gasteiger partial charge on any atom is 0.194 e. The molecule has 0 unspecified atom stereocenters. The summed E-state index contributed by atoms with van der Waals surface area (Å²) in [6.45, 7) is 3.93. The molecule has 0 saturated carbocycles. The normalized spacial score (nSPS) is 10.6. The molecule has 0 heterocycles. The van der Waals surface area contributed by atoms with Gasteiger partial charge in [-0.1, -0.05) is 31.9 Å². The third-order valence-corrected chi connectivity index (χ3v) is 4.93. The summed E-state index contributed by atoms with van der Waals surface area (Å²) in [5.41, 5.74) is 3.44. The van der Waals surface area contributed by atoms with E-state index in [2.05, 4.69) is 47.8 Å². The Morgan fingerprint density at radius 1 is 0.842 bits per heavy atom. The van der Waals surface area contributed by atoms with Crippen molar-refractivity contribution in [3.8, 4) is 0 Å². The average molecular weight is 447 g/mol. The zero-order chi connectivity index (χ0) is 14.2. The van der Waals surface area contributed by atoms with E-state index >= 15 is 0 Å². The fourth-order valence-corrected chi connectivity index (χ4v) is 3.53. The molecule has 0 atom stereocenters. The van der Waals surface area contributed by atoms with Crippen molar-refractivity contribution in [3.63, 3.8) is 0 Å². The fourth-order valence-electron chi connectivity index (χ4n) is 1.84. The Labute approximate surface area is 137 Å². The fraction of sp³-hybridized carbons (Fsp3) is 0.133. The van der Waals surface area contributed by atoms with Crippen LogP contribution < -0.4 is 0 Å². The minimum atomic E-state index is 0.0347. The number of hydrogen-bond donors (Lipinski definition) is 0. The van der Waals surface area contributed by atoms with Crippen molar-refractivity contribution in [2.45, 2.75) is 13.8 Å². The summed E-state index contributed by atoms with van der Waals surface area (Å²) >= 11 is 10.3. The Bertz CT molecular complexity index is 663. The van der Waals surface area contributed by atoms with Crippen LogP contribution in [0.5, 0.6) is 0 Å². The molecule has 0 aliphatic heterocycles. The first-order chi connectivity index (χ1) is 8.90. The van der Waals surface area contributed by atoms with Gasteiger partial charge in [0, 0.05) is 24.5 Å². The molecule has 0 aromatic heterocycles. The van der Waals surface area contributed by atoms with E-state index < -0.39 is 0 Å². The van der Waals surface area contributed by atoms with Crippen molar-refractivity contribution < 1.29 is 4.79 Å². The van der Waals surface area contributed by atoms with Crippen LogP contribution in [-0.2, 0) is 0 Å². The molecule has 19 heavy (non-hydrogen) atoms. The monoisotopic (exact) mass is 444 g/mol. The molecule has 1 nitrogen and oxygen atoms in total. The van der Waals surface area contributed by atoms with Crippen molar-refractivity contribution in [2.75, 3.05) is 0 Å². The highest BCUT2D eigenvalue weighted by Gasteiger charge is 2.16. The predicted molar refractivity (Wildman–Crippen MR) is 88.9 cm³/mol. The molecule has 98 valence electrons. The van der Waals surface area contributed by atoms with E-state index in [0.29, 0.717) is 5.56 Å². The number of benzene rings is 2. The highest BCUT2D eigenvalue weighted by atomic mass is 79.9. The van der Waals surface area contributed by atoms with Gasteiger partial charge < -0.3 is 0 Å². The SMILES string of the molecule is Cc1cc(C(=O)c2ccc(Br)cc2Br)c(C)cc1Br. The molecular formula is C15H11Br3O. The van der Waals surface area contributed by atoms with Crippen LogP contribution in [-0.4, -0.2) is 5.78 Å². The number of rotatable bonds is 2. The van der Waals surface area contributed by atoms with E-state index in [0.717, 1.165) is 30.1 Å². The van der Waals surface area contributed by atoms with Gasteiger partial charge in [0.1, 0.15) is 0 Å². The molecule has 2 aromatic rings. The number of halogens is 3. The number of aryl methyl sites for hydroxylation is 2. The van der Waals surface area contributed by atoms with E-state index in [1.54, 1.807) is 0 Å². The predicted octanol–water partition coefficient (Wildman–Crippen LogP) is 5.82. The average Bonchev–Trinajstić information content (AvgIpc) is 2.33. The quantitative estimate of drug-likeness (QED) is 0.531. The van der Waals surface area contributed by atoms with Crippen molar-refractivity contribution in [1.29, 1.82) is 0 Å². The van der Waals surface area contributed by atoms with E-state index in [-0.39, 0.29) is 5.78 Å². The van der Waals surface area contributed by atoms with Crippen LogP contribution >= 0.6 is 47.8 Å². The summed E-state index contributed by atoms with van der Waals surface area (Å²) in [5.74, 6) is 0.0347. The lowest BCUT2D eigenvalue weighted by atomic mass is 9.97. The third-order valence-electron chi connectivity index (χ3n) is 2.93. The molecule has 2 rings (SSSR count). The smallest absolute Gasteiger partial charge is 0.194 e. The minimum absolute atomic E-state index is 0.0347. The second-order valence-electron chi connectivity index (χ2n) is 4.37. The van der Waals surface area contributed by atoms with Gasteiger partial charge in [-0.15, -0.1) is 0 Å². The lowest BCUT2D eigenvalue weighted by Crippen LogP contribution is -2.05. The summed E-state index contributed by atoms with van der Waals surface area (Å²) < 4.78 is 2.77. The molecular weight excluding hydrogens is 436 g/mol. The topological polar surface area (TPSA) is 17.1 Å². The molecule has 2 aromatic carbocycles. The molecule has 0 spiro atoms. The van der Waals surface area contributed by atoms with Crippen molar-refractivity contribution >= 4 is 53.6 Å². The first-order valence-corrected chi connectivity index (χ1v) is 8.04. The minimum Gasteiger partial charge on any atom is -0.289 e. The number of ketones is 1. The van der Waals surface area contributed by atoms with Gasteiger partial charge in [-0.25, -0.2) is 0 Å². The van der Waals surface area contributed by atoms with Gasteiger partial charge >= 0.3 is 0 Å². The van der Waals surface area contributed by atoms with Gasteiger partial charge in [-0.3, -0.25) is 4.79 Å².